The van der Waals surface area contributed by atoms with Crippen molar-refractivity contribution in [1.29, 1.82) is 0 Å². The summed E-state index contributed by atoms with van der Waals surface area (Å²) in [6, 6.07) is 0. The molecule has 1 saturated heterocycles. The Balaban J connectivity index is 0.000001000. The van der Waals surface area contributed by atoms with Crippen LogP contribution in [-0.2, 0) is 4.74 Å². The van der Waals surface area contributed by atoms with Crippen LogP contribution < -0.4 is 24.0 Å². The molecule has 0 saturated carbocycles. The Morgan fingerprint density at radius 1 is 1.27 bits per heavy atom. The van der Waals surface area contributed by atoms with E-state index in [1.807, 2.05) is 0 Å². The van der Waals surface area contributed by atoms with Gasteiger partial charge in [-0.3, -0.25) is 0 Å². The highest BCUT2D eigenvalue weighted by Gasteiger charge is 2.29. The van der Waals surface area contributed by atoms with Gasteiger partial charge in [0.25, 0.3) is 0 Å². The topological polar surface area (TPSA) is 9.23 Å². The van der Waals surface area contributed by atoms with E-state index in [-0.39, 0.29) is 24.0 Å². The molecule has 0 radical (unpaired) electrons. The van der Waals surface area contributed by atoms with Crippen LogP contribution in [0.5, 0.6) is 0 Å². The SMILES string of the molecule is CC[N+]1(COC)CCCC1.[I-]. The highest BCUT2D eigenvalue weighted by Crippen LogP contribution is 2.18. The van der Waals surface area contributed by atoms with Gasteiger partial charge in [0, 0.05) is 20.0 Å². The fraction of sp³-hybridized carbons (Fsp3) is 1.00. The normalized spacial score (nSPS) is 21.3. The van der Waals surface area contributed by atoms with Gasteiger partial charge in [-0.1, -0.05) is 0 Å². The molecular weight excluding hydrogens is 253 g/mol. The van der Waals surface area contributed by atoms with E-state index < -0.39 is 0 Å². The zero-order valence-corrected chi connectivity index (χ0v) is 9.63. The largest absolute Gasteiger partial charge is 1.00 e. The van der Waals surface area contributed by atoms with Crippen molar-refractivity contribution in [2.24, 2.45) is 0 Å². The molecular formula is C8H18INO. The predicted molar refractivity (Wildman–Crippen MR) is 41.6 cm³/mol. The van der Waals surface area contributed by atoms with E-state index in [1.54, 1.807) is 7.11 Å². The highest BCUT2D eigenvalue weighted by atomic mass is 127. The molecule has 1 aliphatic heterocycles. The Bertz CT molecular complexity index is 102. The Labute approximate surface area is 86.5 Å². The van der Waals surface area contributed by atoms with Gasteiger partial charge in [0.05, 0.1) is 19.6 Å². The number of nitrogens with zero attached hydrogens (tertiary/aromatic N) is 1. The first-order valence-corrected chi connectivity index (χ1v) is 4.17. The van der Waals surface area contributed by atoms with Gasteiger partial charge in [0.1, 0.15) is 0 Å². The van der Waals surface area contributed by atoms with E-state index in [2.05, 4.69) is 6.92 Å². The van der Waals surface area contributed by atoms with E-state index in [4.69, 9.17) is 4.74 Å². The number of methoxy groups -OCH3 is 1. The minimum atomic E-state index is 0. The Hall–Kier alpha value is 0.650. The first-order valence-electron chi connectivity index (χ1n) is 4.17. The van der Waals surface area contributed by atoms with E-state index in [0.717, 1.165) is 6.73 Å². The van der Waals surface area contributed by atoms with Crippen LogP contribution in [0.3, 0.4) is 0 Å². The number of halogens is 1. The lowest BCUT2D eigenvalue weighted by molar-refractivity contribution is -0.932. The Morgan fingerprint density at radius 3 is 2.18 bits per heavy atom. The fourth-order valence-corrected chi connectivity index (χ4v) is 1.82. The van der Waals surface area contributed by atoms with E-state index in [0.29, 0.717) is 0 Å². The van der Waals surface area contributed by atoms with Crippen LogP contribution in [0.25, 0.3) is 0 Å². The molecule has 1 rings (SSSR count). The van der Waals surface area contributed by atoms with Crippen molar-refractivity contribution < 1.29 is 33.2 Å². The second kappa shape index (κ2) is 5.32. The van der Waals surface area contributed by atoms with Gasteiger partial charge in [-0.2, -0.15) is 0 Å². The van der Waals surface area contributed by atoms with Gasteiger partial charge in [-0.25, -0.2) is 0 Å². The van der Waals surface area contributed by atoms with Crippen LogP contribution in [0.4, 0.5) is 0 Å². The van der Waals surface area contributed by atoms with Gasteiger partial charge < -0.3 is 33.2 Å². The van der Waals surface area contributed by atoms with Gasteiger partial charge in [-0.15, -0.1) is 0 Å². The van der Waals surface area contributed by atoms with Crippen LogP contribution >= 0.6 is 0 Å². The van der Waals surface area contributed by atoms with Crippen molar-refractivity contribution in [3.63, 3.8) is 0 Å². The number of hydrogen-bond acceptors (Lipinski definition) is 1. The standard InChI is InChI=1S/C8H18NO.HI/c1-3-9(8-10-2)6-4-5-7-9;/h3-8H2,1-2H3;1H/q+1;/p-1. The molecule has 1 heterocycles. The summed E-state index contributed by atoms with van der Waals surface area (Å²) in [4.78, 5) is 0. The second-order valence-electron chi connectivity index (χ2n) is 3.23. The maximum atomic E-state index is 5.19. The van der Waals surface area contributed by atoms with Crippen molar-refractivity contribution in [1.82, 2.24) is 0 Å². The summed E-state index contributed by atoms with van der Waals surface area (Å²) >= 11 is 0. The zero-order valence-electron chi connectivity index (χ0n) is 7.48. The first kappa shape index (κ1) is 11.6. The van der Waals surface area contributed by atoms with Crippen molar-refractivity contribution in [2.45, 2.75) is 19.8 Å². The fourth-order valence-electron chi connectivity index (χ4n) is 1.82. The third-order valence-corrected chi connectivity index (χ3v) is 2.59. The summed E-state index contributed by atoms with van der Waals surface area (Å²) in [7, 11) is 1.80. The lowest BCUT2D eigenvalue weighted by atomic mass is 10.4. The zero-order chi connectivity index (χ0) is 7.45. The summed E-state index contributed by atoms with van der Waals surface area (Å²) in [5.74, 6) is 0. The molecule has 0 amide bonds. The third kappa shape index (κ3) is 2.87. The van der Waals surface area contributed by atoms with Gasteiger partial charge >= 0.3 is 0 Å². The van der Waals surface area contributed by atoms with Crippen LogP contribution in [0.2, 0.25) is 0 Å². The molecule has 1 fully saturated rings. The Morgan fingerprint density at radius 2 is 1.82 bits per heavy atom. The molecule has 3 heteroatoms. The maximum absolute atomic E-state index is 5.19. The van der Waals surface area contributed by atoms with Crippen LogP contribution in [0, 0.1) is 0 Å². The first-order chi connectivity index (χ1) is 4.83. The second-order valence-corrected chi connectivity index (χ2v) is 3.23. The quantitative estimate of drug-likeness (QED) is 0.436. The number of hydrogen-bond donors (Lipinski definition) is 0. The molecule has 0 spiro atoms. The molecule has 0 aromatic rings. The van der Waals surface area contributed by atoms with E-state index >= 15 is 0 Å². The summed E-state index contributed by atoms with van der Waals surface area (Å²) in [6.45, 7) is 7.04. The summed E-state index contributed by atoms with van der Waals surface area (Å²) in [6.07, 6.45) is 2.77. The average Bonchev–Trinajstić information content (AvgIpc) is 2.39. The van der Waals surface area contributed by atoms with Crippen molar-refractivity contribution in [2.75, 3.05) is 33.5 Å². The monoisotopic (exact) mass is 271 g/mol. The van der Waals surface area contributed by atoms with E-state index in [1.165, 1.54) is 37.0 Å². The van der Waals surface area contributed by atoms with Crippen LogP contribution in [-0.4, -0.2) is 38.0 Å². The van der Waals surface area contributed by atoms with Gasteiger partial charge in [-0.05, 0) is 6.92 Å². The smallest absolute Gasteiger partial charge is 0.182 e. The molecule has 0 atom stereocenters. The molecule has 0 aromatic carbocycles. The molecule has 0 unspecified atom stereocenters. The van der Waals surface area contributed by atoms with Crippen LogP contribution in [0.1, 0.15) is 19.8 Å². The predicted octanol–water partition coefficient (Wildman–Crippen LogP) is -1.78. The molecule has 0 N–H and O–H groups in total. The van der Waals surface area contributed by atoms with Crippen LogP contribution in [0.15, 0.2) is 0 Å². The summed E-state index contributed by atoms with van der Waals surface area (Å²) in [5.41, 5.74) is 0. The van der Waals surface area contributed by atoms with Gasteiger partial charge in [0.15, 0.2) is 6.73 Å². The number of quaternary nitrogens is 1. The minimum absolute atomic E-state index is 0. The lowest BCUT2D eigenvalue weighted by Crippen LogP contribution is -3.00. The molecule has 11 heavy (non-hydrogen) atoms. The van der Waals surface area contributed by atoms with Crippen molar-refractivity contribution in [3.05, 3.63) is 0 Å². The highest BCUT2D eigenvalue weighted by molar-refractivity contribution is 4.50. The maximum Gasteiger partial charge on any atom is 0.182 e. The molecule has 0 aliphatic carbocycles. The molecule has 68 valence electrons. The third-order valence-electron chi connectivity index (χ3n) is 2.59. The van der Waals surface area contributed by atoms with Crippen molar-refractivity contribution in [3.8, 4) is 0 Å². The Kier molecular flexibility index (Phi) is 5.64. The molecule has 0 aromatic heterocycles. The lowest BCUT2D eigenvalue weighted by Gasteiger charge is -2.31. The minimum Gasteiger partial charge on any atom is -1.00 e. The number of likely N-dealkylation sites (tertiary alicyclic amines) is 1. The van der Waals surface area contributed by atoms with E-state index in [9.17, 15) is 0 Å². The number of rotatable bonds is 3. The molecule has 1 aliphatic rings. The van der Waals surface area contributed by atoms with Gasteiger partial charge in [0.2, 0.25) is 0 Å². The summed E-state index contributed by atoms with van der Waals surface area (Å²) < 4.78 is 6.38. The van der Waals surface area contributed by atoms with Crippen molar-refractivity contribution >= 4 is 0 Å². The average molecular weight is 271 g/mol. The molecule has 0 bridgehead atoms. The summed E-state index contributed by atoms with van der Waals surface area (Å²) in [5, 5.41) is 0. The number of ether oxygens (including phenoxy) is 1. The molecule has 2 nitrogen and oxygen atoms in total.